The Morgan fingerprint density at radius 1 is 1.19 bits per heavy atom. The smallest absolute Gasteiger partial charge is 0.325 e. The van der Waals surface area contributed by atoms with E-state index in [2.05, 4.69) is 27.9 Å². The lowest BCUT2D eigenvalue weighted by Crippen LogP contribution is -2.28. The van der Waals surface area contributed by atoms with E-state index in [1.807, 2.05) is 69.3 Å². The van der Waals surface area contributed by atoms with Gasteiger partial charge in [0, 0.05) is 11.3 Å². The number of nitrogens with two attached hydrogens (primary N) is 1. The van der Waals surface area contributed by atoms with Crippen molar-refractivity contribution in [3.05, 3.63) is 59.7 Å². The van der Waals surface area contributed by atoms with E-state index >= 15 is 0 Å². The highest BCUT2D eigenvalue weighted by molar-refractivity contribution is 14.1. The van der Waals surface area contributed by atoms with Crippen LogP contribution in [0, 0.1) is 0 Å². The fraction of sp³-hybridized carbons (Fsp3) is 0.350. The summed E-state index contributed by atoms with van der Waals surface area (Å²) in [6.07, 6.45) is 0. The number of anilines is 1. The highest BCUT2D eigenvalue weighted by atomic mass is 127. The summed E-state index contributed by atoms with van der Waals surface area (Å²) in [5, 5.41) is 3.10. The van der Waals surface area contributed by atoms with Crippen LogP contribution in [0.15, 0.2) is 48.5 Å². The fourth-order valence-electron chi connectivity index (χ4n) is 2.31. The molecule has 1 atom stereocenters. The van der Waals surface area contributed by atoms with Crippen LogP contribution in [0.25, 0.3) is 0 Å². The van der Waals surface area contributed by atoms with E-state index in [0.717, 1.165) is 22.6 Å². The summed E-state index contributed by atoms with van der Waals surface area (Å²) in [6.45, 7) is 6.10. The lowest BCUT2D eigenvalue weighted by molar-refractivity contribution is -0.152. The molecule has 0 aromatic heterocycles. The normalized spacial score (nSPS) is 12.3. The van der Waals surface area contributed by atoms with E-state index in [1.54, 1.807) is 0 Å². The molecular formula is C20H25IN2O3. The van der Waals surface area contributed by atoms with Crippen LogP contribution in [0.3, 0.4) is 0 Å². The lowest BCUT2D eigenvalue weighted by atomic mass is 10.1. The second kappa shape index (κ2) is 9.23. The van der Waals surface area contributed by atoms with Gasteiger partial charge >= 0.3 is 5.97 Å². The number of halogens is 1. The van der Waals surface area contributed by atoms with Gasteiger partial charge in [0.2, 0.25) is 0 Å². The van der Waals surface area contributed by atoms with E-state index in [-0.39, 0.29) is 16.6 Å². The fourth-order valence-corrected chi connectivity index (χ4v) is 2.82. The van der Waals surface area contributed by atoms with Gasteiger partial charge in [-0.2, -0.15) is 0 Å². The van der Waals surface area contributed by atoms with Gasteiger partial charge in [-0.3, -0.25) is 4.79 Å². The van der Waals surface area contributed by atoms with Gasteiger partial charge in [0.05, 0.1) is 4.05 Å². The van der Waals surface area contributed by atoms with Crippen molar-refractivity contribution in [3.8, 4) is 5.75 Å². The van der Waals surface area contributed by atoms with E-state index < -0.39 is 5.60 Å². The van der Waals surface area contributed by atoms with E-state index in [0.29, 0.717) is 6.61 Å². The molecule has 0 fully saturated rings. The summed E-state index contributed by atoms with van der Waals surface area (Å²) in [6, 6.07) is 15.6. The van der Waals surface area contributed by atoms with Crippen LogP contribution < -0.4 is 15.8 Å². The van der Waals surface area contributed by atoms with Gasteiger partial charge in [0.25, 0.3) is 0 Å². The Bertz CT molecular complexity index is 728. The minimum Gasteiger partial charge on any atom is -0.489 e. The zero-order chi connectivity index (χ0) is 19.2. The zero-order valence-electron chi connectivity index (χ0n) is 15.3. The van der Waals surface area contributed by atoms with Crippen molar-refractivity contribution in [2.24, 2.45) is 5.73 Å². The first-order chi connectivity index (χ1) is 12.2. The quantitative estimate of drug-likeness (QED) is 0.273. The Kier molecular flexibility index (Phi) is 7.28. The molecule has 0 saturated carbocycles. The first kappa shape index (κ1) is 20.5. The number of carbonyl (C=O) groups is 1. The van der Waals surface area contributed by atoms with Crippen LogP contribution in [0.1, 0.15) is 35.9 Å². The molecule has 3 N–H and O–H groups in total. The van der Waals surface area contributed by atoms with E-state index in [4.69, 9.17) is 15.2 Å². The Balaban J connectivity index is 2.02. The first-order valence-electron chi connectivity index (χ1n) is 8.40. The largest absolute Gasteiger partial charge is 0.489 e. The molecule has 0 spiro atoms. The third-order valence-corrected chi connectivity index (χ3v) is 4.08. The summed E-state index contributed by atoms with van der Waals surface area (Å²) >= 11 is 2.14. The molecule has 0 amide bonds. The van der Waals surface area contributed by atoms with Gasteiger partial charge in [-0.05, 0) is 44.5 Å². The van der Waals surface area contributed by atoms with Gasteiger partial charge < -0.3 is 20.5 Å². The molecule has 0 aliphatic heterocycles. The molecule has 1 unspecified atom stereocenters. The molecule has 0 saturated heterocycles. The maximum atomic E-state index is 11.9. The number of carbonyl (C=O) groups excluding carboxylic acids is 1. The summed E-state index contributed by atoms with van der Waals surface area (Å²) in [7, 11) is 0. The van der Waals surface area contributed by atoms with Gasteiger partial charge in [-0.1, -0.05) is 52.9 Å². The molecule has 140 valence electrons. The number of hydrogen-bond acceptors (Lipinski definition) is 5. The number of rotatable bonds is 7. The van der Waals surface area contributed by atoms with Crippen molar-refractivity contribution in [2.75, 3.05) is 11.9 Å². The standard InChI is InChI=1S/C20H25IN2O3/c1-20(2,3)26-18(24)12-23-17-10-9-15(11-16(17)19(21)22)25-13-14-7-5-4-6-8-14/h4-11,19,23H,12-13,22H2,1-3H3. The van der Waals surface area contributed by atoms with Crippen molar-refractivity contribution in [1.29, 1.82) is 0 Å². The van der Waals surface area contributed by atoms with Crippen LogP contribution in [-0.2, 0) is 16.1 Å². The molecule has 0 aliphatic rings. The third-order valence-electron chi connectivity index (χ3n) is 3.41. The molecule has 2 rings (SSSR count). The van der Waals surface area contributed by atoms with Crippen molar-refractivity contribution < 1.29 is 14.3 Å². The number of alkyl halides is 1. The molecule has 0 heterocycles. The predicted octanol–water partition coefficient (Wildman–Crippen LogP) is 4.41. The first-order valence-corrected chi connectivity index (χ1v) is 9.65. The second-order valence-electron chi connectivity index (χ2n) is 6.87. The van der Waals surface area contributed by atoms with Gasteiger partial charge in [-0.25, -0.2) is 0 Å². The maximum absolute atomic E-state index is 11.9. The van der Waals surface area contributed by atoms with Crippen LogP contribution in [0.2, 0.25) is 0 Å². The summed E-state index contributed by atoms with van der Waals surface area (Å²) < 4.78 is 10.9. The minimum atomic E-state index is -0.504. The molecular weight excluding hydrogens is 443 g/mol. The van der Waals surface area contributed by atoms with Crippen molar-refractivity contribution in [2.45, 2.75) is 37.0 Å². The zero-order valence-corrected chi connectivity index (χ0v) is 17.4. The van der Waals surface area contributed by atoms with Crippen molar-refractivity contribution >= 4 is 34.2 Å². The van der Waals surface area contributed by atoms with Gasteiger partial charge in [0.15, 0.2) is 0 Å². The van der Waals surface area contributed by atoms with Crippen molar-refractivity contribution in [1.82, 2.24) is 0 Å². The summed E-state index contributed by atoms with van der Waals surface area (Å²) in [4.78, 5) is 11.9. The summed E-state index contributed by atoms with van der Waals surface area (Å²) in [5.41, 5.74) is 8.34. The van der Waals surface area contributed by atoms with Gasteiger partial charge in [0.1, 0.15) is 24.5 Å². The highest BCUT2D eigenvalue weighted by Gasteiger charge is 2.17. The number of esters is 1. The number of nitrogens with one attached hydrogen (secondary N) is 1. The topological polar surface area (TPSA) is 73.6 Å². The lowest BCUT2D eigenvalue weighted by Gasteiger charge is -2.20. The molecule has 0 aliphatic carbocycles. The Morgan fingerprint density at radius 3 is 2.50 bits per heavy atom. The molecule has 2 aromatic carbocycles. The van der Waals surface area contributed by atoms with Crippen LogP contribution in [0.5, 0.6) is 5.75 Å². The maximum Gasteiger partial charge on any atom is 0.325 e. The highest BCUT2D eigenvalue weighted by Crippen LogP contribution is 2.30. The van der Waals surface area contributed by atoms with E-state index in [1.165, 1.54) is 0 Å². The Hall–Kier alpha value is -1.80. The Labute approximate surface area is 168 Å². The number of ether oxygens (including phenoxy) is 2. The van der Waals surface area contributed by atoms with Crippen LogP contribution >= 0.6 is 22.6 Å². The van der Waals surface area contributed by atoms with Crippen LogP contribution in [0.4, 0.5) is 5.69 Å². The average Bonchev–Trinajstić information content (AvgIpc) is 2.57. The Morgan fingerprint density at radius 2 is 1.88 bits per heavy atom. The average molecular weight is 468 g/mol. The van der Waals surface area contributed by atoms with Crippen molar-refractivity contribution in [3.63, 3.8) is 0 Å². The minimum absolute atomic E-state index is 0.0812. The number of hydrogen-bond donors (Lipinski definition) is 2. The molecule has 26 heavy (non-hydrogen) atoms. The SMILES string of the molecule is CC(C)(C)OC(=O)CNc1ccc(OCc2ccccc2)cc1C(N)I. The predicted molar refractivity (Wildman–Crippen MR) is 112 cm³/mol. The molecule has 2 aromatic rings. The monoisotopic (exact) mass is 468 g/mol. The second-order valence-corrected chi connectivity index (χ2v) is 8.21. The van der Waals surface area contributed by atoms with Crippen LogP contribution in [-0.4, -0.2) is 18.1 Å². The van der Waals surface area contributed by atoms with E-state index in [9.17, 15) is 4.79 Å². The molecule has 0 bridgehead atoms. The molecule has 6 heteroatoms. The molecule has 0 radical (unpaired) electrons. The molecule has 5 nitrogen and oxygen atoms in total. The van der Waals surface area contributed by atoms with Gasteiger partial charge in [-0.15, -0.1) is 0 Å². The third kappa shape index (κ3) is 6.84. The summed E-state index contributed by atoms with van der Waals surface area (Å²) in [5.74, 6) is 0.425. The number of benzene rings is 2.